The molecule has 0 aromatic carbocycles. The van der Waals surface area contributed by atoms with Crippen LogP contribution in [0.2, 0.25) is 0 Å². The summed E-state index contributed by atoms with van der Waals surface area (Å²) >= 11 is 0. The van der Waals surface area contributed by atoms with Crippen molar-refractivity contribution in [2.24, 2.45) is 5.73 Å². The Labute approximate surface area is 177 Å². The molecule has 0 heterocycles. The van der Waals surface area contributed by atoms with Crippen LogP contribution in [0.4, 0.5) is 0 Å². The lowest BCUT2D eigenvalue weighted by molar-refractivity contribution is -0.126. The molecule has 0 saturated carbocycles. The molecule has 4 nitrogen and oxygen atoms in total. The van der Waals surface area contributed by atoms with Crippen molar-refractivity contribution in [3.05, 3.63) is 72.9 Å². The highest BCUT2D eigenvalue weighted by Crippen LogP contribution is 1.98. The molecule has 2 amide bonds. The molecule has 0 aromatic rings. The van der Waals surface area contributed by atoms with E-state index in [1.807, 2.05) is 12.2 Å². The van der Waals surface area contributed by atoms with Crippen LogP contribution in [-0.4, -0.2) is 17.9 Å². The van der Waals surface area contributed by atoms with E-state index in [1.165, 1.54) is 0 Å². The van der Waals surface area contributed by atoms with Gasteiger partial charge in [0, 0.05) is 6.42 Å². The maximum Gasteiger partial charge on any atom is 0.239 e. The average Bonchev–Trinajstić information content (AvgIpc) is 2.69. The topological polar surface area (TPSA) is 72.2 Å². The van der Waals surface area contributed by atoms with E-state index in [9.17, 15) is 9.59 Å². The van der Waals surface area contributed by atoms with Crippen molar-refractivity contribution in [3.63, 3.8) is 0 Å². The normalized spacial score (nSPS) is 13.7. The number of nitrogens with two attached hydrogens (primary N) is 1. The molecule has 0 spiro atoms. The van der Waals surface area contributed by atoms with Crippen LogP contribution >= 0.6 is 0 Å². The molecule has 0 aliphatic heterocycles. The molecule has 0 radical (unpaired) electrons. The van der Waals surface area contributed by atoms with Crippen LogP contribution in [0.5, 0.6) is 0 Å². The van der Waals surface area contributed by atoms with Crippen molar-refractivity contribution < 1.29 is 9.59 Å². The SMILES string of the molecule is CC/C=C\C/C=C\C/C=C\C/C=C\C/C=C\C/C=C\CCC(=O)N[C@@H](C)C(N)=O. The Morgan fingerprint density at radius 1 is 0.724 bits per heavy atom. The quantitative estimate of drug-likeness (QED) is 0.339. The number of amides is 2. The Hall–Kier alpha value is -2.62. The summed E-state index contributed by atoms with van der Waals surface area (Å²) in [5.74, 6) is -0.678. The lowest BCUT2D eigenvalue weighted by Crippen LogP contribution is -2.42. The first kappa shape index (κ1) is 26.4. The number of carbonyl (C=O) groups excluding carboxylic acids is 2. The average molecular weight is 399 g/mol. The second kappa shape index (κ2) is 20.1. The van der Waals surface area contributed by atoms with Crippen molar-refractivity contribution in [1.82, 2.24) is 5.32 Å². The van der Waals surface area contributed by atoms with Gasteiger partial charge in [-0.25, -0.2) is 0 Å². The minimum atomic E-state index is -0.618. The molecule has 3 N–H and O–H groups in total. The lowest BCUT2D eigenvalue weighted by atomic mass is 10.2. The summed E-state index contributed by atoms with van der Waals surface area (Å²) in [4.78, 5) is 22.4. The zero-order valence-electron chi connectivity index (χ0n) is 18.1. The third-order valence-corrected chi connectivity index (χ3v) is 3.94. The number of carbonyl (C=O) groups is 2. The maximum absolute atomic E-state index is 11.6. The number of primary amides is 1. The molecule has 29 heavy (non-hydrogen) atoms. The van der Waals surface area contributed by atoms with Crippen LogP contribution in [0.1, 0.15) is 65.2 Å². The van der Waals surface area contributed by atoms with Gasteiger partial charge in [-0.1, -0.05) is 79.8 Å². The predicted molar refractivity (Wildman–Crippen MR) is 124 cm³/mol. The third kappa shape index (κ3) is 19.9. The Kier molecular flexibility index (Phi) is 18.3. The summed E-state index contributed by atoms with van der Waals surface area (Å²) in [5, 5.41) is 2.56. The van der Waals surface area contributed by atoms with Crippen LogP contribution < -0.4 is 11.1 Å². The monoisotopic (exact) mass is 398 g/mol. The van der Waals surface area contributed by atoms with E-state index in [4.69, 9.17) is 5.73 Å². The van der Waals surface area contributed by atoms with Gasteiger partial charge in [0.1, 0.15) is 6.04 Å². The van der Waals surface area contributed by atoms with Gasteiger partial charge >= 0.3 is 0 Å². The minimum absolute atomic E-state index is 0.157. The predicted octanol–water partition coefficient (Wildman–Crippen LogP) is 5.45. The van der Waals surface area contributed by atoms with Gasteiger partial charge in [-0.15, -0.1) is 0 Å². The molecule has 0 saturated heterocycles. The fraction of sp³-hybridized carbons (Fsp3) is 0.440. The van der Waals surface area contributed by atoms with E-state index in [0.29, 0.717) is 12.8 Å². The van der Waals surface area contributed by atoms with Crippen LogP contribution in [0.15, 0.2) is 72.9 Å². The van der Waals surface area contributed by atoms with Crippen molar-refractivity contribution in [1.29, 1.82) is 0 Å². The number of allylic oxidation sites excluding steroid dienone is 12. The summed E-state index contributed by atoms with van der Waals surface area (Å²) in [6, 6.07) is -0.618. The third-order valence-electron chi connectivity index (χ3n) is 3.94. The highest BCUT2D eigenvalue weighted by Gasteiger charge is 2.10. The highest BCUT2D eigenvalue weighted by atomic mass is 16.2. The lowest BCUT2D eigenvalue weighted by Gasteiger charge is -2.08. The maximum atomic E-state index is 11.6. The largest absolute Gasteiger partial charge is 0.368 e. The van der Waals surface area contributed by atoms with Crippen LogP contribution in [0, 0.1) is 0 Å². The van der Waals surface area contributed by atoms with Crippen molar-refractivity contribution in [3.8, 4) is 0 Å². The van der Waals surface area contributed by atoms with Crippen LogP contribution in [0.3, 0.4) is 0 Å². The molecule has 4 heteroatoms. The van der Waals surface area contributed by atoms with Gasteiger partial charge in [0.25, 0.3) is 0 Å². The van der Waals surface area contributed by atoms with Gasteiger partial charge in [-0.3, -0.25) is 9.59 Å². The van der Waals surface area contributed by atoms with Crippen LogP contribution in [0.25, 0.3) is 0 Å². The summed E-state index contributed by atoms with van der Waals surface area (Å²) in [6.45, 7) is 3.73. The molecule has 0 aromatic heterocycles. The summed E-state index contributed by atoms with van der Waals surface area (Å²) in [7, 11) is 0. The Balaban J connectivity index is 3.64. The van der Waals surface area contributed by atoms with E-state index < -0.39 is 11.9 Å². The van der Waals surface area contributed by atoms with E-state index in [0.717, 1.165) is 38.5 Å². The molecule has 0 aliphatic carbocycles. The van der Waals surface area contributed by atoms with Gasteiger partial charge in [-0.2, -0.15) is 0 Å². The van der Waals surface area contributed by atoms with Gasteiger partial charge in [0.2, 0.25) is 11.8 Å². The first-order valence-electron chi connectivity index (χ1n) is 10.6. The molecule has 0 unspecified atom stereocenters. The first-order valence-corrected chi connectivity index (χ1v) is 10.6. The highest BCUT2D eigenvalue weighted by molar-refractivity contribution is 5.86. The van der Waals surface area contributed by atoms with E-state index in [2.05, 4.69) is 73.0 Å². The van der Waals surface area contributed by atoms with E-state index in [1.54, 1.807) is 6.92 Å². The van der Waals surface area contributed by atoms with Crippen molar-refractivity contribution in [2.45, 2.75) is 71.3 Å². The smallest absolute Gasteiger partial charge is 0.239 e. The summed E-state index contributed by atoms with van der Waals surface area (Å²) in [5.41, 5.74) is 5.10. The van der Waals surface area contributed by atoms with Gasteiger partial charge in [0.05, 0.1) is 0 Å². The zero-order valence-corrected chi connectivity index (χ0v) is 18.1. The van der Waals surface area contributed by atoms with Crippen molar-refractivity contribution >= 4 is 11.8 Å². The van der Waals surface area contributed by atoms with Gasteiger partial charge < -0.3 is 11.1 Å². The number of nitrogens with one attached hydrogen (secondary N) is 1. The fourth-order valence-electron chi connectivity index (χ4n) is 2.24. The Bertz CT molecular complexity index is 610. The van der Waals surface area contributed by atoms with Crippen molar-refractivity contribution in [2.75, 3.05) is 0 Å². The standard InChI is InChI=1S/C25H38N2O2/c1-3-4-5-6-7-8-9-10-11-12-13-14-15-16-17-18-19-20-21-22-24(28)27-23(2)25(26)29/h4-5,7-8,10-11,13-14,16-17,19-20,23H,3,6,9,12,15,18,21-22H2,1-2H3,(H2,26,29)(H,27,28)/b5-4-,8-7-,11-10-,14-13-,17-16-,20-19-/t23-/m0/s1. The first-order chi connectivity index (χ1) is 14.1. The molecule has 0 fully saturated rings. The van der Waals surface area contributed by atoms with Crippen LogP contribution in [-0.2, 0) is 9.59 Å². The zero-order chi connectivity index (χ0) is 21.6. The fourth-order valence-corrected chi connectivity index (χ4v) is 2.24. The minimum Gasteiger partial charge on any atom is -0.368 e. The number of hydrogen-bond donors (Lipinski definition) is 2. The molecular weight excluding hydrogens is 360 g/mol. The number of rotatable bonds is 16. The van der Waals surface area contributed by atoms with E-state index >= 15 is 0 Å². The Morgan fingerprint density at radius 3 is 1.48 bits per heavy atom. The second-order valence-corrected chi connectivity index (χ2v) is 6.65. The number of hydrogen-bond acceptors (Lipinski definition) is 2. The van der Waals surface area contributed by atoms with Gasteiger partial charge in [-0.05, 0) is 51.9 Å². The molecule has 1 atom stereocenters. The molecular formula is C25H38N2O2. The Morgan fingerprint density at radius 2 is 1.10 bits per heavy atom. The second-order valence-electron chi connectivity index (χ2n) is 6.65. The molecule has 160 valence electrons. The van der Waals surface area contributed by atoms with E-state index in [-0.39, 0.29) is 5.91 Å². The molecule has 0 aliphatic rings. The molecule has 0 rings (SSSR count). The summed E-state index contributed by atoms with van der Waals surface area (Å²) < 4.78 is 0. The summed E-state index contributed by atoms with van der Waals surface area (Å²) in [6.07, 6.45) is 32.7. The van der Waals surface area contributed by atoms with Gasteiger partial charge in [0.15, 0.2) is 0 Å². The molecule has 0 bridgehead atoms.